The number of hydrogen-bond donors (Lipinski definition) is 1. The summed E-state index contributed by atoms with van der Waals surface area (Å²) in [6.07, 6.45) is 1.07. The normalized spacial score (nSPS) is 26.9. The molecule has 1 aromatic rings. The van der Waals surface area contributed by atoms with Crippen molar-refractivity contribution < 1.29 is 22.8 Å². The van der Waals surface area contributed by atoms with Crippen molar-refractivity contribution in [3.63, 3.8) is 0 Å². The lowest BCUT2D eigenvalue weighted by atomic mass is 9.82. The number of nitrogens with zero attached hydrogens (tertiary/aromatic N) is 2. The Hall–Kier alpha value is -2.03. The van der Waals surface area contributed by atoms with Crippen LogP contribution >= 0.6 is 11.8 Å². The molecular weight excluding hydrogens is 451 g/mol. The summed E-state index contributed by atoms with van der Waals surface area (Å²) in [5.41, 5.74) is -0.619. The molecule has 0 aromatic heterocycles. The van der Waals surface area contributed by atoms with Crippen molar-refractivity contribution in [2.75, 3.05) is 13.1 Å². The van der Waals surface area contributed by atoms with Crippen molar-refractivity contribution in [2.45, 2.75) is 69.3 Å². The van der Waals surface area contributed by atoms with E-state index in [1.807, 2.05) is 11.8 Å². The van der Waals surface area contributed by atoms with Gasteiger partial charge in [-0.2, -0.15) is 13.2 Å². The van der Waals surface area contributed by atoms with E-state index in [1.54, 1.807) is 13.0 Å². The smallest absolute Gasteiger partial charge is 0.342 e. The van der Waals surface area contributed by atoms with Gasteiger partial charge in [-0.3, -0.25) is 14.6 Å². The number of carbonyl (C=O) groups is 2. The molecular formula is C24H30F3N3O2S. The molecule has 33 heavy (non-hydrogen) atoms. The van der Waals surface area contributed by atoms with Crippen LogP contribution in [0.15, 0.2) is 29.3 Å². The van der Waals surface area contributed by atoms with Gasteiger partial charge in [-0.05, 0) is 63.5 Å². The number of benzene rings is 1. The molecule has 180 valence electrons. The average molecular weight is 482 g/mol. The number of amides is 2. The maximum atomic E-state index is 13.4. The first-order valence-electron chi connectivity index (χ1n) is 11.6. The van der Waals surface area contributed by atoms with Crippen molar-refractivity contribution >= 4 is 28.7 Å². The van der Waals surface area contributed by atoms with Gasteiger partial charge < -0.3 is 10.2 Å². The highest BCUT2D eigenvalue weighted by molar-refractivity contribution is 8.16. The first-order valence-corrected chi connectivity index (χ1v) is 12.4. The third kappa shape index (κ3) is 5.23. The lowest BCUT2D eigenvalue weighted by molar-refractivity contribution is -0.140. The number of amidine groups is 1. The Morgan fingerprint density at radius 3 is 2.52 bits per heavy atom. The van der Waals surface area contributed by atoms with Crippen molar-refractivity contribution in [3.8, 4) is 0 Å². The van der Waals surface area contributed by atoms with E-state index < -0.39 is 22.5 Å². The van der Waals surface area contributed by atoms with E-state index in [0.29, 0.717) is 17.5 Å². The molecule has 3 fully saturated rings. The molecule has 1 aliphatic carbocycles. The molecule has 2 unspecified atom stereocenters. The second-order valence-corrected chi connectivity index (χ2v) is 11.1. The van der Waals surface area contributed by atoms with E-state index in [-0.39, 0.29) is 23.3 Å². The highest BCUT2D eigenvalue weighted by Gasteiger charge is 2.45. The number of halogens is 3. The minimum Gasteiger partial charge on any atom is -0.342 e. The van der Waals surface area contributed by atoms with Gasteiger partial charge in [0.25, 0.3) is 0 Å². The first kappa shape index (κ1) is 24.1. The summed E-state index contributed by atoms with van der Waals surface area (Å²) in [4.78, 5) is 31.6. The molecule has 0 radical (unpaired) electrons. The molecule has 1 N–H and O–H groups in total. The van der Waals surface area contributed by atoms with E-state index in [2.05, 4.69) is 10.3 Å². The molecule has 9 heteroatoms. The molecule has 0 spiro atoms. The summed E-state index contributed by atoms with van der Waals surface area (Å²) in [6, 6.07) is 4.66. The van der Waals surface area contributed by atoms with Gasteiger partial charge in [0.15, 0.2) is 5.17 Å². The molecule has 0 bridgehead atoms. The Bertz CT molecular complexity index is 939. The van der Waals surface area contributed by atoms with Crippen LogP contribution in [0.1, 0.15) is 69.5 Å². The molecule has 4 rings (SSSR count). The monoisotopic (exact) mass is 481 g/mol. The van der Waals surface area contributed by atoms with Crippen molar-refractivity contribution in [3.05, 3.63) is 35.4 Å². The fourth-order valence-electron chi connectivity index (χ4n) is 4.89. The summed E-state index contributed by atoms with van der Waals surface area (Å²) in [5, 5.41) is 3.14. The Morgan fingerprint density at radius 1 is 1.24 bits per heavy atom. The van der Waals surface area contributed by atoms with Crippen molar-refractivity contribution in [1.29, 1.82) is 0 Å². The van der Waals surface area contributed by atoms with Crippen LogP contribution < -0.4 is 5.32 Å². The summed E-state index contributed by atoms with van der Waals surface area (Å²) in [7, 11) is 0. The molecule has 3 aliphatic rings. The van der Waals surface area contributed by atoms with Crippen LogP contribution in [0, 0.1) is 11.8 Å². The van der Waals surface area contributed by atoms with E-state index in [4.69, 9.17) is 0 Å². The fourth-order valence-corrected chi connectivity index (χ4v) is 6.14. The van der Waals surface area contributed by atoms with E-state index in [9.17, 15) is 22.8 Å². The minimum atomic E-state index is -4.46. The number of piperidine rings is 1. The third-order valence-corrected chi connectivity index (χ3v) is 8.31. The molecule has 1 saturated carbocycles. The topological polar surface area (TPSA) is 61.8 Å². The molecule has 1 aromatic carbocycles. The van der Waals surface area contributed by atoms with Gasteiger partial charge in [-0.25, -0.2) is 0 Å². The quantitative estimate of drug-likeness (QED) is 0.631. The van der Waals surface area contributed by atoms with E-state index >= 15 is 0 Å². The number of hydrogen-bond acceptors (Lipinski definition) is 4. The Morgan fingerprint density at radius 2 is 1.91 bits per heavy atom. The van der Waals surface area contributed by atoms with Gasteiger partial charge in [0, 0.05) is 19.0 Å². The van der Waals surface area contributed by atoms with E-state index in [1.165, 1.54) is 23.9 Å². The zero-order chi connectivity index (χ0) is 23.8. The Balaban J connectivity index is 1.38. The summed E-state index contributed by atoms with van der Waals surface area (Å²) >= 11 is 1.30. The number of carbonyl (C=O) groups excluding carboxylic acids is 2. The van der Waals surface area contributed by atoms with Gasteiger partial charge >= 0.3 is 6.18 Å². The van der Waals surface area contributed by atoms with Gasteiger partial charge in [0.1, 0.15) is 0 Å². The van der Waals surface area contributed by atoms with Crippen LogP contribution in [0.3, 0.4) is 0 Å². The van der Waals surface area contributed by atoms with Crippen LogP contribution in [0.2, 0.25) is 0 Å². The molecule has 2 aliphatic heterocycles. The summed E-state index contributed by atoms with van der Waals surface area (Å²) in [6.45, 7) is 4.94. The van der Waals surface area contributed by atoms with Crippen molar-refractivity contribution in [2.24, 2.45) is 16.8 Å². The predicted molar refractivity (Wildman–Crippen MR) is 123 cm³/mol. The van der Waals surface area contributed by atoms with Crippen LogP contribution in [-0.4, -0.2) is 39.7 Å². The lowest BCUT2D eigenvalue weighted by Gasteiger charge is -2.38. The number of thioether (sulfide) groups is 1. The number of aliphatic imine (C=N–C) groups is 1. The fraction of sp³-hybridized carbons (Fsp3) is 0.625. The van der Waals surface area contributed by atoms with Crippen LogP contribution in [0.4, 0.5) is 13.2 Å². The summed E-state index contributed by atoms with van der Waals surface area (Å²) < 4.78 is 39.4. The van der Waals surface area contributed by atoms with E-state index in [0.717, 1.165) is 51.3 Å². The second kappa shape index (κ2) is 9.31. The maximum Gasteiger partial charge on any atom is 0.416 e. The van der Waals surface area contributed by atoms with Gasteiger partial charge in [0.2, 0.25) is 11.8 Å². The highest BCUT2D eigenvalue weighted by atomic mass is 32.2. The number of rotatable bonds is 5. The zero-order valence-electron chi connectivity index (χ0n) is 19.0. The van der Waals surface area contributed by atoms with Gasteiger partial charge in [-0.1, -0.05) is 36.4 Å². The highest BCUT2D eigenvalue weighted by Crippen LogP contribution is 2.42. The molecule has 2 saturated heterocycles. The second-order valence-electron chi connectivity index (χ2n) is 9.58. The van der Waals surface area contributed by atoms with Gasteiger partial charge in [0.05, 0.1) is 16.4 Å². The Labute approximate surface area is 196 Å². The van der Waals surface area contributed by atoms with Crippen LogP contribution in [-0.2, 0) is 15.8 Å². The van der Waals surface area contributed by atoms with Gasteiger partial charge in [-0.15, -0.1) is 0 Å². The number of likely N-dealkylation sites (tertiary alicyclic amines) is 1. The predicted octanol–water partition coefficient (Wildman–Crippen LogP) is 5.17. The van der Waals surface area contributed by atoms with Crippen LogP contribution in [0.5, 0.6) is 0 Å². The number of nitrogens with one attached hydrogen (secondary N) is 1. The zero-order valence-corrected chi connectivity index (χ0v) is 19.8. The molecule has 2 amide bonds. The standard InChI is InChI=1S/C24H30F3N3O2S/c1-15(18-8-3-4-9-19(18)24(25,26)27)28-22-29-21(32)23(2,33-22)14-16-10-12-30(13-11-16)20(31)17-6-5-7-17/h3-4,8-9,15-17H,5-7,10-14H2,1-2H3,(H,28,29,32). The average Bonchev–Trinajstić information content (AvgIpc) is 2.99. The Kier molecular flexibility index (Phi) is 6.80. The molecule has 5 nitrogen and oxygen atoms in total. The lowest BCUT2D eigenvalue weighted by Crippen LogP contribution is -2.45. The van der Waals surface area contributed by atoms with Crippen molar-refractivity contribution in [1.82, 2.24) is 10.2 Å². The SMILES string of the molecule is CC(N=C1NC(=O)C(C)(CC2CCN(C(=O)C3CCC3)CC2)S1)c1ccccc1C(F)(F)F. The minimum absolute atomic E-state index is 0.0875. The largest absolute Gasteiger partial charge is 0.416 e. The first-order chi connectivity index (χ1) is 15.6. The number of alkyl halides is 3. The third-order valence-electron chi connectivity index (χ3n) is 7.11. The summed E-state index contributed by atoms with van der Waals surface area (Å²) in [5.74, 6) is 0.650. The molecule has 2 atom stereocenters. The maximum absolute atomic E-state index is 13.4. The molecule has 2 heterocycles. The van der Waals surface area contributed by atoms with Crippen LogP contribution in [0.25, 0.3) is 0 Å².